The van der Waals surface area contributed by atoms with Crippen molar-refractivity contribution in [3.05, 3.63) is 35.4 Å². The predicted molar refractivity (Wildman–Crippen MR) is 79.1 cm³/mol. The molecular weight excluding hydrogens is 236 g/mol. The smallest absolute Gasteiger partial charge is 0.0593 e. The Morgan fingerprint density at radius 3 is 2.74 bits per heavy atom. The number of nitrogens with one attached hydrogen (secondary N) is 1. The first-order valence-electron chi connectivity index (χ1n) is 7.36. The van der Waals surface area contributed by atoms with E-state index in [1.807, 2.05) is 0 Å². The summed E-state index contributed by atoms with van der Waals surface area (Å²) in [5, 5.41) is 3.51. The molecule has 0 unspecified atom stereocenters. The molecular formula is C16H26N2O. The Bertz CT molecular complexity index is 371. The first-order valence-corrected chi connectivity index (χ1v) is 7.36. The fourth-order valence-corrected chi connectivity index (χ4v) is 2.40. The van der Waals surface area contributed by atoms with Crippen molar-refractivity contribution in [3.63, 3.8) is 0 Å². The molecule has 19 heavy (non-hydrogen) atoms. The van der Waals surface area contributed by atoms with Gasteiger partial charge < -0.3 is 10.1 Å². The lowest BCUT2D eigenvalue weighted by molar-refractivity contribution is 0.140. The summed E-state index contributed by atoms with van der Waals surface area (Å²) in [6.07, 6.45) is 1.15. The first kappa shape index (κ1) is 14.5. The third kappa shape index (κ3) is 4.94. The summed E-state index contributed by atoms with van der Waals surface area (Å²) < 4.78 is 5.52. The molecule has 1 aromatic carbocycles. The van der Waals surface area contributed by atoms with Crippen LogP contribution in [0, 0.1) is 0 Å². The van der Waals surface area contributed by atoms with Crippen molar-refractivity contribution >= 4 is 0 Å². The average Bonchev–Trinajstić information content (AvgIpc) is 2.66. The summed E-state index contributed by atoms with van der Waals surface area (Å²) in [6, 6.07) is 9.29. The van der Waals surface area contributed by atoms with Gasteiger partial charge in [0.2, 0.25) is 0 Å². The zero-order valence-corrected chi connectivity index (χ0v) is 12.2. The lowest BCUT2D eigenvalue weighted by Gasteiger charge is -2.21. The van der Waals surface area contributed by atoms with Gasteiger partial charge in [0.05, 0.1) is 6.61 Å². The number of hydrogen-bond donors (Lipinski definition) is 1. The van der Waals surface area contributed by atoms with Gasteiger partial charge in [0.1, 0.15) is 0 Å². The fraction of sp³-hybridized carbons (Fsp3) is 0.625. The number of rotatable bonds is 5. The van der Waals surface area contributed by atoms with E-state index in [-0.39, 0.29) is 0 Å². The van der Waals surface area contributed by atoms with Crippen molar-refractivity contribution < 1.29 is 4.74 Å². The lowest BCUT2D eigenvalue weighted by Crippen LogP contribution is -2.27. The van der Waals surface area contributed by atoms with Crippen LogP contribution in [0.1, 0.15) is 31.4 Å². The largest absolute Gasteiger partial charge is 0.380 e. The van der Waals surface area contributed by atoms with E-state index < -0.39 is 0 Å². The summed E-state index contributed by atoms with van der Waals surface area (Å²) in [5.74, 6) is 0. The number of benzene rings is 1. The molecule has 1 aliphatic heterocycles. The number of ether oxygens (including phenoxy) is 1. The molecule has 1 aromatic rings. The maximum absolute atomic E-state index is 5.52. The predicted octanol–water partition coefficient (Wildman–Crippen LogP) is 2.41. The second-order valence-electron chi connectivity index (χ2n) is 5.55. The molecule has 106 valence electrons. The Labute approximate surface area is 116 Å². The summed E-state index contributed by atoms with van der Waals surface area (Å²) in [5.41, 5.74) is 2.86. The summed E-state index contributed by atoms with van der Waals surface area (Å²) >= 11 is 0. The highest BCUT2D eigenvalue weighted by atomic mass is 16.5. The Hall–Kier alpha value is -0.900. The van der Waals surface area contributed by atoms with Crippen LogP contribution in [0.5, 0.6) is 0 Å². The maximum atomic E-state index is 5.52. The molecule has 1 saturated heterocycles. The second kappa shape index (κ2) is 7.63. The van der Waals surface area contributed by atoms with Gasteiger partial charge in [-0.3, -0.25) is 4.90 Å². The molecule has 1 heterocycles. The highest BCUT2D eigenvalue weighted by Crippen LogP contribution is 2.13. The molecule has 3 nitrogen and oxygen atoms in total. The van der Waals surface area contributed by atoms with Gasteiger partial charge in [-0.2, -0.15) is 0 Å². The fourth-order valence-electron chi connectivity index (χ4n) is 2.40. The highest BCUT2D eigenvalue weighted by Gasteiger charge is 2.11. The van der Waals surface area contributed by atoms with E-state index in [9.17, 15) is 0 Å². The third-order valence-electron chi connectivity index (χ3n) is 3.53. The van der Waals surface area contributed by atoms with Crippen LogP contribution in [-0.4, -0.2) is 37.2 Å². The Morgan fingerprint density at radius 2 is 1.95 bits per heavy atom. The van der Waals surface area contributed by atoms with Crippen molar-refractivity contribution in [1.82, 2.24) is 10.2 Å². The van der Waals surface area contributed by atoms with Crippen LogP contribution in [0.3, 0.4) is 0 Å². The van der Waals surface area contributed by atoms with Crippen LogP contribution in [0.25, 0.3) is 0 Å². The SMILES string of the molecule is CC(C)NCc1ccccc1CN1CCCOCC1. The molecule has 0 bridgehead atoms. The van der Waals surface area contributed by atoms with Crippen molar-refractivity contribution in [2.45, 2.75) is 39.4 Å². The summed E-state index contributed by atoms with van der Waals surface area (Å²) in [4.78, 5) is 2.50. The monoisotopic (exact) mass is 262 g/mol. The van der Waals surface area contributed by atoms with Crippen LogP contribution in [0.4, 0.5) is 0 Å². The molecule has 1 N–H and O–H groups in total. The molecule has 0 atom stereocenters. The molecule has 3 heteroatoms. The standard InChI is InChI=1S/C16H26N2O/c1-14(2)17-12-15-6-3-4-7-16(15)13-18-8-5-10-19-11-9-18/h3-4,6-7,14,17H,5,8-13H2,1-2H3. The molecule has 1 fully saturated rings. The third-order valence-corrected chi connectivity index (χ3v) is 3.53. The van der Waals surface area contributed by atoms with Gasteiger partial charge in [-0.05, 0) is 17.5 Å². The van der Waals surface area contributed by atoms with Crippen molar-refractivity contribution in [2.24, 2.45) is 0 Å². The van der Waals surface area contributed by atoms with Crippen molar-refractivity contribution in [3.8, 4) is 0 Å². The molecule has 0 saturated carbocycles. The second-order valence-corrected chi connectivity index (χ2v) is 5.55. The van der Waals surface area contributed by atoms with Gasteiger partial charge in [-0.25, -0.2) is 0 Å². The van der Waals surface area contributed by atoms with E-state index in [2.05, 4.69) is 48.3 Å². The van der Waals surface area contributed by atoms with Gasteiger partial charge in [-0.1, -0.05) is 38.1 Å². The molecule has 2 rings (SSSR count). The minimum Gasteiger partial charge on any atom is -0.380 e. The van der Waals surface area contributed by atoms with Crippen LogP contribution >= 0.6 is 0 Å². The van der Waals surface area contributed by atoms with Gasteiger partial charge in [0.15, 0.2) is 0 Å². The number of hydrogen-bond acceptors (Lipinski definition) is 3. The highest BCUT2D eigenvalue weighted by molar-refractivity contribution is 5.27. The average molecular weight is 262 g/mol. The van der Waals surface area contributed by atoms with Crippen LogP contribution in [0.15, 0.2) is 24.3 Å². The summed E-state index contributed by atoms with van der Waals surface area (Å²) in [7, 11) is 0. The quantitative estimate of drug-likeness (QED) is 0.882. The van der Waals surface area contributed by atoms with E-state index >= 15 is 0 Å². The zero-order valence-electron chi connectivity index (χ0n) is 12.2. The summed E-state index contributed by atoms with van der Waals surface area (Å²) in [6.45, 7) is 10.3. The zero-order chi connectivity index (χ0) is 13.5. The van der Waals surface area contributed by atoms with E-state index in [4.69, 9.17) is 4.74 Å². The molecule has 0 amide bonds. The van der Waals surface area contributed by atoms with E-state index in [0.29, 0.717) is 6.04 Å². The first-order chi connectivity index (χ1) is 9.25. The van der Waals surface area contributed by atoms with Crippen molar-refractivity contribution in [1.29, 1.82) is 0 Å². The maximum Gasteiger partial charge on any atom is 0.0593 e. The van der Waals surface area contributed by atoms with Crippen LogP contribution in [-0.2, 0) is 17.8 Å². The lowest BCUT2D eigenvalue weighted by atomic mass is 10.1. The van der Waals surface area contributed by atoms with Gasteiger partial charge in [0, 0.05) is 38.8 Å². The number of nitrogens with zero attached hydrogens (tertiary/aromatic N) is 1. The van der Waals surface area contributed by atoms with E-state index in [1.165, 1.54) is 11.1 Å². The van der Waals surface area contributed by atoms with Crippen molar-refractivity contribution in [2.75, 3.05) is 26.3 Å². The van der Waals surface area contributed by atoms with E-state index in [0.717, 1.165) is 45.8 Å². The molecule has 1 aliphatic rings. The molecule has 0 radical (unpaired) electrons. The van der Waals surface area contributed by atoms with Gasteiger partial charge in [-0.15, -0.1) is 0 Å². The van der Waals surface area contributed by atoms with E-state index in [1.54, 1.807) is 0 Å². The normalized spacial score (nSPS) is 17.6. The van der Waals surface area contributed by atoms with Crippen LogP contribution in [0.2, 0.25) is 0 Å². The molecule has 0 spiro atoms. The minimum absolute atomic E-state index is 0.527. The van der Waals surface area contributed by atoms with Gasteiger partial charge >= 0.3 is 0 Å². The van der Waals surface area contributed by atoms with Gasteiger partial charge in [0.25, 0.3) is 0 Å². The Balaban J connectivity index is 1.97. The topological polar surface area (TPSA) is 24.5 Å². The molecule has 0 aromatic heterocycles. The van der Waals surface area contributed by atoms with Crippen LogP contribution < -0.4 is 5.32 Å². The Morgan fingerprint density at radius 1 is 1.16 bits per heavy atom. The molecule has 0 aliphatic carbocycles. The minimum atomic E-state index is 0.527. The Kier molecular flexibility index (Phi) is 5.83.